The maximum Gasteiger partial charge on any atom is 0.262 e. The second-order valence-corrected chi connectivity index (χ2v) is 15.4. The van der Waals surface area contributed by atoms with Gasteiger partial charge in [-0.1, -0.05) is 0 Å². The molecule has 2 aromatic carbocycles. The van der Waals surface area contributed by atoms with Crippen LogP contribution in [0.5, 0.6) is 5.75 Å². The van der Waals surface area contributed by atoms with E-state index in [9.17, 15) is 24.0 Å². The van der Waals surface area contributed by atoms with Crippen LogP contribution in [0.3, 0.4) is 0 Å². The van der Waals surface area contributed by atoms with Gasteiger partial charge in [0.15, 0.2) is 11.3 Å². The molecule has 2 N–H and O–H groups in total. The van der Waals surface area contributed by atoms with Gasteiger partial charge in [0, 0.05) is 61.8 Å². The molecule has 1 atom stereocenters. The van der Waals surface area contributed by atoms with E-state index in [0.29, 0.717) is 41.4 Å². The van der Waals surface area contributed by atoms with E-state index in [4.69, 9.17) is 9.84 Å². The number of nitrogens with one attached hydrogen (secondary N) is 2. The zero-order chi connectivity index (χ0) is 38.3. The molecule has 56 heavy (non-hydrogen) atoms. The van der Waals surface area contributed by atoms with Crippen LogP contribution in [0.1, 0.15) is 75.6 Å². The number of hydrogen-bond donors (Lipinski definition) is 2. The van der Waals surface area contributed by atoms with E-state index < -0.39 is 35.3 Å². The van der Waals surface area contributed by atoms with Crippen molar-refractivity contribution in [3.05, 3.63) is 77.9 Å². The van der Waals surface area contributed by atoms with Crippen LogP contribution in [0.2, 0.25) is 0 Å². The first-order chi connectivity index (χ1) is 27.1. The Hall–Kier alpha value is -6.23. The molecule has 5 aliphatic rings. The monoisotopic (exact) mass is 760 g/mol. The van der Waals surface area contributed by atoms with Crippen LogP contribution < -0.4 is 20.3 Å². The number of benzene rings is 2. The lowest BCUT2D eigenvalue weighted by atomic mass is 9.92. The first-order valence-corrected chi connectivity index (χ1v) is 18.9. The predicted molar refractivity (Wildman–Crippen MR) is 198 cm³/mol. The number of aromatic nitrogens is 5. The Labute approximate surface area is 318 Å². The molecule has 286 valence electrons. The van der Waals surface area contributed by atoms with Crippen LogP contribution in [0.4, 0.5) is 15.8 Å². The summed E-state index contributed by atoms with van der Waals surface area (Å²) in [5, 5.41) is 15.2. The van der Waals surface area contributed by atoms with Crippen molar-refractivity contribution < 1.29 is 33.1 Å². The van der Waals surface area contributed by atoms with E-state index in [1.54, 1.807) is 41.2 Å². The Balaban J connectivity index is 0.769. The summed E-state index contributed by atoms with van der Waals surface area (Å²) in [4.78, 5) is 73.0. The summed E-state index contributed by atoms with van der Waals surface area (Å²) in [5.74, 6) is -2.02. The second kappa shape index (κ2) is 12.9. The third-order valence-electron chi connectivity index (χ3n) is 11.4. The lowest BCUT2D eigenvalue weighted by Gasteiger charge is -2.48. The van der Waals surface area contributed by atoms with E-state index in [1.807, 2.05) is 27.9 Å². The Morgan fingerprint density at radius 3 is 2.59 bits per heavy atom. The Morgan fingerprint density at radius 2 is 1.80 bits per heavy atom. The Bertz CT molecular complexity index is 2480. The van der Waals surface area contributed by atoms with Gasteiger partial charge in [-0.25, -0.2) is 13.9 Å². The lowest BCUT2D eigenvalue weighted by Crippen LogP contribution is -2.64. The number of amides is 5. The van der Waals surface area contributed by atoms with Crippen molar-refractivity contribution in [2.75, 3.05) is 42.9 Å². The molecule has 1 unspecified atom stereocenters. The lowest BCUT2D eigenvalue weighted by molar-refractivity contribution is -0.136. The van der Waals surface area contributed by atoms with E-state index in [0.717, 1.165) is 41.5 Å². The third-order valence-corrected chi connectivity index (χ3v) is 11.4. The van der Waals surface area contributed by atoms with Crippen molar-refractivity contribution in [2.45, 2.75) is 62.4 Å². The second-order valence-electron chi connectivity index (χ2n) is 15.4. The maximum atomic E-state index is 16.1. The SMILES string of the molecule is O=C1CCC(N2C(=O)c3ccc(N4CC(F)(CN5CCC(n6cc7cc(NC(=O)c8cnn9cccnc89)c(OC8CC8)cc7n6)CC5)C4)cc3C2=O)C(=O)N1. The van der Waals surface area contributed by atoms with E-state index in [1.165, 1.54) is 6.20 Å². The molecule has 16 nitrogen and oxygen atoms in total. The molecule has 17 heteroatoms. The summed E-state index contributed by atoms with van der Waals surface area (Å²) in [6, 6.07) is 9.44. The van der Waals surface area contributed by atoms with Gasteiger partial charge >= 0.3 is 0 Å². The number of nitrogens with zero attached hydrogens (tertiary/aromatic N) is 8. The number of piperidine rings is 2. The number of halogens is 1. The number of carbonyl (C=O) groups excluding carboxylic acids is 5. The predicted octanol–water partition coefficient (Wildman–Crippen LogP) is 3.14. The highest BCUT2D eigenvalue weighted by atomic mass is 19.1. The number of anilines is 2. The summed E-state index contributed by atoms with van der Waals surface area (Å²) in [6.45, 7) is 1.96. The molecular formula is C39H37FN10O6. The minimum absolute atomic E-state index is 0.0461. The molecule has 10 rings (SSSR count). The topological polar surface area (TPSA) is 176 Å². The summed E-state index contributed by atoms with van der Waals surface area (Å²) >= 11 is 0. The number of ether oxygens (including phenoxy) is 1. The van der Waals surface area contributed by atoms with Crippen LogP contribution in [-0.4, -0.2) is 114 Å². The molecular weight excluding hydrogens is 723 g/mol. The minimum Gasteiger partial charge on any atom is -0.488 e. The van der Waals surface area contributed by atoms with Crippen LogP contribution in [0, 0.1) is 0 Å². The van der Waals surface area contributed by atoms with Crippen LogP contribution >= 0.6 is 0 Å². The van der Waals surface area contributed by atoms with Crippen molar-refractivity contribution in [3.8, 4) is 5.75 Å². The zero-order valence-electron chi connectivity index (χ0n) is 30.2. The summed E-state index contributed by atoms with van der Waals surface area (Å²) in [5.41, 5.74) is 1.69. The molecule has 0 bridgehead atoms. The Morgan fingerprint density at radius 1 is 1.00 bits per heavy atom. The highest BCUT2D eigenvalue weighted by molar-refractivity contribution is 6.23. The standard InChI is InChI=1S/C39H37FN10O6/c40-39(20-47(21-39)24-2-5-26-27(15-24)38(55)50(37(26)54)31-6-7-33(51)44-36(31)53)19-46-12-8-23(9-13-46)49-18-22-14-30(32(16-29(22)45-49)56-25-3-4-25)43-35(52)28-17-42-48-11-1-10-41-34(28)48/h1-2,5,10-11,14-18,23,25,31H,3-4,6-9,12-13,19-21H2,(H,43,52)(H,44,51,53). The molecule has 0 radical (unpaired) electrons. The molecule has 0 spiro atoms. The number of alkyl halides is 1. The van der Waals surface area contributed by atoms with Gasteiger partial charge in [-0.3, -0.25) is 43.8 Å². The van der Waals surface area contributed by atoms with Crippen molar-refractivity contribution in [1.29, 1.82) is 0 Å². The smallest absolute Gasteiger partial charge is 0.262 e. The number of hydrogen-bond acceptors (Lipinski definition) is 11. The van der Waals surface area contributed by atoms with Crippen molar-refractivity contribution in [1.82, 2.24) is 39.5 Å². The molecule has 4 fully saturated rings. The third kappa shape index (κ3) is 6.02. The maximum absolute atomic E-state index is 16.1. The largest absolute Gasteiger partial charge is 0.488 e. The number of rotatable bonds is 9. The van der Waals surface area contributed by atoms with Gasteiger partial charge in [-0.15, -0.1) is 0 Å². The highest BCUT2D eigenvalue weighted by Crippen LogP contribution is 2.38. The van der Waals surface area contributed by atoms with Gasteiger partial charge in [-0.05, 0) is 62.4 Å². The molecule has 1 saturated carbocycles. The van der Waals surface area contributed by atoms with Gasteiger partial charge in [-0.2, -0.15) is 10.2 Å². The number of likely N-dealkylation sites (tertiary alicyclic amines) is 1. The van der Waals surface area contributed by atoms with E-state index >= 15 is 4.39 Å². The Kier molecular flexibility index (Phi) is 7.91. The van der Waals surface area contributed by atoms with Gasteiger partial charge in [0.25, 0.3) is 17.7 Å². The van der Waals surface area contributed by atoms with Gasteiger partial charge in [0.2, 0.25) is 11.8 Å². The fourth-order valence-corrected chi connectivity index (χ4v) is 8.32. The first kappa shape index (κ1) is 34.3. The average molecular weight is 761 g/mol. The number of imide groups is 2. The van der Waals surface area contributed by atoms with Crippen LogP contribution in [0.15, 0.2) is 61.2 Å². The number of carbonyl (C=O) groups is 5. The molecule has 5 amide bonds. The molecule has 3 aromatic heterocycles. The van der Waals surface area contributed by atoms with Crippen molar-refractivity contribution in [3.63, 3.8) is 0 Å². The molecule has 3 saturated heterocycles. The zero-order valence-corrected chi connectivity index (χ0v) is 30.2. The summed E-state index contributed by atoms with van der Waals surface area (Å²) in [6.07, 6.45) is 10.6. The van der Waals surface area contributed by atoms with E-state index in [-0.39, 0.29) is 61.7 Å². The van der Waals surface area contributed by atoms with Gasteiger partial charge in [0.05, 0.1) is 53.8 Å². The van der Waals surface area contributed by atoms with Crippen molar-refractivity contribution >= 4 is 57.5 Å². The molecule has 5 aromatic rings. The fraction of sp³-hybridized carbons (Fsp3) is 0.385. The van der Waals surface area contributed by atoms with Crippen LogP contribution in [0.25, 0.3) is 16.6 Å². The highest BCUT2D eigenvalue weighted by Gasteiger charge is 2.48. The normalized spacial score (nSPS) is 21.4. The van der Waals surface area contributed by atoms with E-state index in [2.05, 4.69) is 25.6 Å². The fourth-order valence-electron chi connectivity index (χ4n) is 8.32. The minimum atomic E-state index is -1.44. The van der Waals surface area contributed by atoms with Gasteiger partial charge < -0.3 is 15.0 Å². The van der Waals surface area contributed by atoms with Crippen molar-refractivity contribution in [2.24, 2.45) is 0 Å². The molecule has 1 aliphatic carbocycles. The summed E-state index contributed by atoms with van der Waals surface area (Å²) in [7, 11) is 0. The molecule has 7 heterocycles. The number of fused-ring (bicyclic) bond motifs is 3. The van der Waals surface area contributed by atoms with Gasteiger partial charge in [0.1, 0.15) is 17.4 Å². The first-order valence-electron chi connectivity index (χ1n) is 18.9. The van der Waals surface area contributed by atoms with Crippen LogP contribution in [-0.2, 0) is 9.59 Å². The quantitative estimate of drug-likeness (QED) is 0.211. The summed E-state index contributed by atoms with van der Waals surface area (Å²) < 4.78 is 25.8. The average Bonchev–Trinajstić information content (AvgIpc) is 3.64. The molecule has 4 aliphatic heterocycles.